The summed E-state index contributed by atoms with van der Waals surface area (Å²) in [5.41, 5.74) is 0.373. The summed E-state index contributed by atoms with van der Waals surface area (Å²) in [5.74, 6) is -0.652. The maximum absolute atomic E-state index is 13.2. The van der Waals surface area contributed by atoms with Crippen LogP contribution in [0.4, 0.5) is 4.39 Å². The minimum Gasteiger partial charge on any atom is -0.494 e. The van der Waals surface area contributed by atoms with Crippen molar-refractivity contribution in [3.8, 4) is 5.75 Å². The van der Waals surface area contributed by atoms with Crippen molar-refractivity contribution in [3.63, 3.8) is 0 Å². The summed E-state index contributed by atoms with van der Waals surface area (Å²) in [6.07, 6.45) is 0.130. The van der Waals surface area contributed by atoms with E-state index in [4.69, 9.17) is 4.74 Å². The van der Waals surface area contributed by atoms with Crippen LogP contribution in [0, 0.1) is 5.82 Å². The molecule has 92 valence electrons. The first-order valence-corrected chi connectivity index (χ1v) is 5.42. The molecule has 1 amide bonds. The highest BCUT2D eigenvalue weighted by atomic mass is 19.1. The summed E-state index contributed by atoms with van der Waals surface area (Å²) in [7, 11) is 1.35. The molecule has 1 fully saturated rings. The monoisotopic (exact) mass is 239 g/mol. The number of carbonyl (C=O) groups is 1. The van der Waals surface area contributed by atoms with Crippen LogP contribution in [-0.4, -0.2) is 42.2 Å². The van der Waals surface area contributed by atoms with E-state index in [0.717, 1.165) is 0 Å². The van der Waals surface area contributed by atoms with Gasteiger partial charge in [-0.1, -0.05) is 0 Å². The molecule has 1 aromatic carbocycles. The number of hydrogen-bond acceptors (Lipinski definition) is 3. The Morgan fingerprint density at radius 2 is 2.35 bits per heavy atom. The molecule has 0 aliphatic carbocycles. The molecule has 2 rings (SSSR count). The fourth-order valence-corrected chi connectivity index (χ4v) is 1.90. The topological polar surface area (TPSA) is 49.8 Å². The third kappa shape index (κ3) is 2.39. The minimum atomic E-state index is -0.495. The number of rotatable bonds is 2. The van der Waals surface area contributed by atoms with Gasteiger partial charge in [0.25, 0.3) is 5.91 Å². The van der Waals surface area contributed by atoms with Crippen LogP contribution in [0.3, 0.4) is 0 Å². The quantitative estimate of drug-likeness (QED) is 0.839. The molecule has 1 aliphatic heterocycles. The van der Waals surface area contributed by atoms with Crippen molar-refractivity contribution in [2.75, 3.05) is 20.2 Å². The van der Waals surface area contributed by atoms with Gasteiger partial charge in [-0.2, -0.15) is 0 Å². The van der Waals surface area contributed by atoms with Gasteiger partial charge in [0.15, 0.2) is 11.6 Å². The van der Waals surface area contributed by atoms with Crippen molar-refractivity contribution in [3.05, 3.63) is 29.6 Å². The van der Waals surface area contributed by atoms with E-state index in [2.05, 4.69) is 0 Å². The Hall–Kier alpha value is -1.62. The standard InChI is InChI=1S/C12H14FNO3/c1-17-11-6-8(2-3-10(11)13)12(16)14-5-4-9(15)7-14/h2-3,6,9,15H,4-5,7H2,1H3. The molecule has 1 heterocycles. The van der Waals surface area contributed by atoms with Crippen LogP contribution in [0.25, 0.3) is 0 Å². The summed E-state index contributed by atoms with van der Waals surface area (Å²) >= 11 is 0. The lowest BCUT2D eigenvalue weighted by molar-refractivity contribution is 0.0764. The van der Waals surface area contributed by atoms with Crippen molar-refractivity contribution in [2.24, 2.45) is 0 Å². The number of nitrogens with zero attached hydrogens (tertiary/aromatic N) is 1. The molecule has 1 unspecified atom stereocenters. The summed E-state index contributed by atoms with van der Waals surface area (Å²) in [5, 5.41) is 9.36. The summed E-state index contributed by atoms with van der Waals surface area (Å²) in [6, 6.07) is 4.01. The third-order valence-electron chi connectivity index (χ3n) is 2.85. The van der Waals surface area contributed by atoms with Crippen LogP contribution in [-0.2, 0) is 0 Å². The van der Waals surface area contributed by atoms with Gasteiger partial charge >= 0.3 is 0 Å². The Labute approximate surface area is 98.6 Å². The third-order valence-corrected chi connectivity index (χ3v) is 2.85. The molecule has 0 spiro atoms. The molecule has 5 heteroatoms. The first-order chi connectivity index (χ1) is 8.11. The predicted molar refractivity (Wildman–Crippen MR) is 59.5 cm³/mol. The number of hydrogen-bond donors (Lipinski definition) is 1. The Morgan fingerprint density at radius 1 is 1.59 bits per heavy atom. The number of ether oxygens (including phenoxy) is 1. The van der Waals surface area contributed by atoms with Crippen molar-refractivity contribution in [1.82, 2.24) is 4.90 Å². The number of methoxy groups -OCH3 is 1. The lowest BCUT2D eigenvalue weighted by Crippen LogP contribution is -2.29. The van der Waals surface area contributed by atoms with Gasteiger partial charge in [-0.25, -0.2) is 4.39 Å². The first kappa shape index (κ1) is 11.9. The number of likely N-dealkylation sites (tertiary alicyclic amines) is 1. The summed E-state index contributed by atoms with van der Waals surface area (Å²) in [6.45, 7) is 0.859. The van der Waals surface area contributed by atoms with Crippen LogP contribution in [0.15, 0.2) is 18.2 Å². The van der Waals surface area contributed by atoms with E-state index >= 15 is 0 Å². The average Bonchev–Trinajstić information content (AvgIpc) is 2.75. The van der Waals surface area contributed by atoms with Gasteiger partial charge in [-0.05, 0) is 24.6 Å². The summed E-state index contributed by atoms with van der Waals surface area (Å²) in [4.78, 5) is 13.6. The van der Waals surface area contributed by atoms with Crippen LogP contribution in [0.1, 0.15) is 16.8 Å². The van der Waals surface area contributed by atoms with E-state index in [1.165, 1.54) is 25.3 Å². The molecule has 0 bridgehead atoms. The second-order valence-corrected chi connectivity index (χ2v) is 4.04. The lowest BCUT2D eigenvalue weighted by atomic mass is 10.2. The zero-order valence-electron chi connectivity index (χ0n) is 9.52. The zero-order valence-corrected chi connectivity index (χ0v) is 9.52. The highest BCUT2D eigenvalue weighted by Gasteiger charge is 2.25. The second kappa shape index (κ2) is 4.71. The number of amides is 1. The van der Waals surface area contributed by atoms with Gasteiger partial charge in [0, 0.05) is 18.7 Å². The molecule has 1 saturated heterocycles. The lowest BCUT2D eigenvalue weighted by Gasteiger charge is -2.16. The van der Waals surface area contributed by atoms with Crippen LogP contribution in [0.5, 0.6) is 5.75 Å². The highest BCUT2D eigenvalue weighted by Crippen LogP contribution is 2.20. The maximum Gasteiger partial charge on any atom is 0.254 e. The van der Waals surface area contributed by atoms with Gasteiger partial charge in [-0.15, -0.1) is 0 Å². The van der Waals surface area contributed by atoms with Crippen LogP contribution in [0.2, 0.25) is 0 Å². The van der Waals surface area contributed by atoms with E-state index in [-0.39, 0.29) is 11.7 Å². The number of benzene rings is 1. The largest absolute Gasteiger partial charge is 0.494 e. The molecule has 0 saturated carbocycles. The maximum atomic E-state index is 13.2. The van der Waals surface area contributed by atoms with Gasteiger partial charge in [0.05, 0.1) is 13.2 Å². The molecular weight excluding hydrogens is 225 g/mol. The van der Waals surface area contributed by atoms with Gasteiger partial charge in [0.2, 0.25) is 0 Å². The Morgan fingerprint density at radius 3 is 2.94 bits per heavy atom. The summed E-state index contributed by atoms with van der Waals surface area (Å²) < 4.78 is 18.0. The van der Waals surface area contributed by atoms with E-state index in [9.17, 15) is 14.3 Å². The van der Waals surface area contributed by atoms with E-state index in [1.54, 1.807) is 4.90 Å². The Bertz CT molecular complexity index is 436. The van der Waals surface area contributed by atoms with E-state index in [1.807, 2.05) is 0 Å². The van der Waals surface area contributed by atoms with Gasteiger partial charge < -0.3 is 14.7 Å². The number of aliphatic hydroxyl groups is 1. The fraction of sp³-hybridized carbons (Fsp3) is 0.417. The fourth-order valence-electron chi connectivity index (χ4n) is 1.90. The molecule has 0 aromatic heterocycles. The molecule has 0 radical (unpaired) electrons. The van der Waals surface area contributed by atoms with Crippen molar-refractivity contribution >= 4 is 5.91 Å². The van der Waals surface area contributed by atoms with Crippen LogP contribution >= 0.6 is 0 Å². The molecule has 17 heavy (non-hydrogen) atoms. The molecule has 4 nitrogen and oxygen atoms in total. The van der Waals surface area contributed by atoms with Gasteiger partial charge in [-0.3, -0.25) is 4.79 Å². The Balaban J connectivity index is 2.19. The SMILES string of the molecule is COc1cc(C(=O)N2CCC(O)C2)ccc1F. The highest BCUT2D eigenvalue weighted by molar-refractivity contribution is 5.94. The normalized spacial score (nSPS) is 19.5. The minimum absolute atomic E-state index is 0.0515. The van der Waals surface area contributed by atoms with Crippen molar-refractivity contribution in [2.45, 2.75) is 12.5 Å². The van der Waals surface area contributed by atoms with E-state index in [0.29, 0.717) is 25.1 Å². The number of carbonyl (C=O) groups excluding carboxylic acids is 1. The molecule has 1 atom stereocenters. The number of β-amino-alcohol motifs (C(OH)–C–C–N with tert-alkyl or cyclic N) is 1. The predicted octanol–water partition coefficient (Wildman–Crippen LogP) is 1.04. The number of aliphatic hydroxyl groups excluding tert-OH is 1. The Kier molecular flexibility index (Phi) is 3.28. The molecular formula is C12H14FNO3. The zero-order chi connectivity index (χ0) is 12.4. The smallest absolute Gasteiger partial charge is 0.254 e. The van der Waals surface area contributed by atoms with Crippen LogP contribution < -0.4 is 4.74 Å². The van der Waals surface area contributed by atoms with Crippen molar-refractivity contribution in [1.29, 1.82) is 0 Å². The van der Waals surface area contributed by atoms with E-state index < -0.39 is 11.9 Å². The molecule has 1 N–H and O–H groups in total. The second-order valence-electron chi connectivity index (χ2n) is 4.04. The van der Waals surface area contributed by atoms with Crippen molar-refractivity contribution < 1.29 is 19.0 Å². The molecule has 1 aromatic rings. The molecule has 1 aliphatic rings. The average molecular weight is 239 g/mol. The number of halogens is 1. The first-order valence-electron chi connectivity index (χ1n) is 5.42. The van der Waals surface area contributed by atoms with Gasteiger partial charge in [0.1, 0.15) is 0 Å².